The van der Waals surface area contributed by atoms with Gasteiger partial charge in [-0.05, 0) is 70.6 Å². The summed E-state index contributed by atoms with van der Waals surface area (Å²) in [5.74, 6) is 1.69. The molecule has 1 heterocycles. The molecule has 1 atom stereocenters. The highest BCUT2D eigenvalue weighted by Gasteiger charge is 2.13. The number of rotatable bonds is 8. The van der Waals surface area contributed by atoms with Crippen molar-refractivity contribution in [3.8, 4) is 5.75 Å². The largest absolute Gasteiger partial charge is 0.493 e. The highest BCUT2D eigenvalue weighted by molar-refractivity contribution is 5.29. The number of nitrogens with zero attached hydrogens (tertiary/aromatic N) is 1. The van der Waals surface area contributed by atoms with E-state index in [1.807, 2.05) is 0 Å². The molecule has 0 spiro atoms. The van der Waals surface area contributed by atoms with Gasteiger partial charge in [0.25, 0.3) is 0 Å². The molecule has 1 aromatic carbocycles. The van der Waals surface area contributed by atoms with Gasteiger partial charge in [0, 0.05) is 19.1 Å². The molecule has 0 aliphatic carbocycles. The molecule has 0 radical (unpaired) electrons. The Hall–Kier alpha value is -1.10. The molecule has 0 amide bonds. The van der Waals surface area contributed by atoms with E-state index in [1.54, 1.807) is 0 Å². The van der Waals surface area contributed by atoms with Crippen molar-refractivity contribution in [1.82, 2.24) is 15.5 Å². The van der Waals surface area contributed by atoms with E-state index in [-0.39, 0.29) is 0 Å². The molecule has 1 unspecified atom stereocenters. The minimum atomic E-state index is 0.374. The first kappa shape index (κ1) is 17.3. The predicted octanol–water partition coefficient (Wildman–Crippen LogP) is 2.28. The number of ether oxygens (including phenoxy) is 1. The van der Waals surface area contributed by atoms with Crippen molar-refractivity contribution in [1.29, 1.82) is 0 Å². The highest BCUT2D eigenvalue weighted by atomic mass is 16.5. The minimum Gasteiger partial charge on any atom is -0.493 e. The van der Waals surface area contributed by atoms with Crippen LogP contribution in [-0.2, 0) is 0 Å². The maximum absolute atomic E-state index is 5.94. The van der Waals surface area contributed by atoms with Gasteiger partial charge in [-0.25, -0.2) is 0 Å². The van der Waals surface area contributed by atoms with Crippen molar-refractivity contribution in [2.45, 2.75) is 25.8 Å². The second kappa shape index (κ2) is 9.13. The Morgan fingerprint density at radius 2 is 1.91 bits per heavy atom. The average Bonchev–Trinajstić information content (AvgIpc) is 2.54. The van der Waals surface area contributed by atoms with E-state index in [1.165, 1.54) is 18.4 Å². The van der Waals surface area contributed by atoms with Gasteiger partial charge in [0.2, 0.25) is 0 Å². The van der Waals surface area contributed by atoms with Crippen LogP contribution in [0.2, 0.25) is 0 Å². The van der Waals surface area contributed by atoms with Crippen LogP contribution in [0, 0.1) is 5.92 Å². The first-order chi connectivity index (χ1) is 10.6. The van der Waals surface area contributed by atoms with E-state index >= 15 is 0 Å². The Balaban J connectivity index is 1.74. The van der Waals surface area contributed by atoms with Crippen molar-refractivity contribution in [2.75, 3.05) is 46.9 Å². The van der Waals surface area contributed by atoms with Gasteiger partial charge in [-0.2, -0.15) is 0 Å². The fourth-order valence-electron chi connectivity index (χ4n) is 2.74. The van der Waals surface area contributed by atoms with Crippen LogP contribution in [0.25, 0.3) is 0 Å². The SMILES string of the molecule is CC(NCCN(C)C)c1ccc(OCC2CCNCC2)cc1. The summed E-state index contributed by atoms with van der Waals surface area (Å²) in [5.41, 5.74) is 1.31. The van der Waals surface area contributed by atoms with Crippen molar-refractivity contribution >= 4 is 0 Å². The first-order valence-corrected chi connectivity index (χ1v) is 8.46. The summed E-state index contributed by atoms with van der Waals surface area (Å²) in [6, 6.07) is 8.91. The highest BCUT2D eigenvalue weighted by Crippen LogP contribution is 2.19. The summed E-state index contributed by atoms with van der Waals surface area (Å²) in [6.07, 6.45) is 2.45. The third-order valence-corrected chi connectivity index (χ3v) is 4.33. The maximum Gasteiger partial charge on any atom is 0.119 e. The summed E-state index contributed by atoms with van der Waals surface area (Å²) >= 11 is 0. The third kappa shape index (κ3) is 5.95. The second-order valence-corrected chi connectivity index (χ2v) is 6.55. The lowest BCUT2D eigenvalue weighted by Crippen LogP contribution is -2.30. The molecule has 1 aromatic rings. The molecule has 1 aliphatic rings. The molecule has 2 N–H and O–H groups in total. The van der Waals surface area contributed by atoms with Crippen LogP contribution in [0.4, 0.5) is 0 Å². The number of nitrogens with one attached hydrogen (secondary N) is 2. The van der Waals surface area contributed by atoms with Gasteiger partial charge in [0.05, 0.1) is 6.61 Å². The fourth-order valence-corrected chi connectivity index (χ4v) is 2.74. The van der Waals surface area contributed by atoms with E-state index in [9.17, 15) is 0 Å². The molecule has 0 bridgehead atoms. The second-order valence-electron chi connectivity index (χ2n) is 6.55. The molecule has 1 fully saturated rings. The molecular weight excluding hydrogens is 274 g/mol. The third-order valence-electron chi connectivity index (χ3n) is 4.33. The maximum atomic E-state index is 5.94. The van der Waals surface area contributed by atoms with Crippen molar-refractivity contribution in [3.05, 3.63) is 29.8 Å². The Morgan fingerprint density at radius 3 is 2.55 bits per heavy atom. The summed E-state index contributed by atoms with van der Waals surface area (Å²) < 4.78 is 5.94. The molecule has 0 saturated carbocycles. The van der Waals surface area contributed by atoms with E-state index in [4.69, 9.17) is 4.74 Å². The van der Waals surface area contributed by atoms with Crippen LogP contribution in [0.1, 0.15) is 31.4 Å². The molecule has 4 heteroatoms. The summed E-state index contributed by atoms with van der Waals surface area (Å²) in [6.45, 7) is 7.37. The van der Waals surface area contributed by atoms with Gasteiger partial charge in [-0.1, -0.05) is 12.1 Å². The zero-order valence-electron chi connectivity index (χ0n) is 14.3. The van der Waals surface area contributed by atoms with Gasteiger partial charge in [0.1, 0.15) is 5.75 Å². The Labute approximate surface area is 135 Å². The average molecular weight is 305 g/mol. The molecule has 4 nitrogen and oxygen atoms in total. The van der Waals surface area contributed by atoms with Gasteiger partial charge in [0.15, 0.2) is 0 Å². The van der Waals surface area contributed by atoms with Crippen LogP contribution < -0.4 is 15.4 Å². The van der Waals surface area contributed by atoms with Gasteiger partial charge < -0.3 is 20.3 Å². The quantitative estimate of drug-likeness (QED) is 0.772. The number of hydrogen-bond acceptors (Lipinski definition) is 4. The summed E-state index contributed by atoms with van der Waals surface area (Å²) in [7, 11) is 4.20. The van der Waals surface area contributed by atoms with Crippen LogP contribution in [0.5, 0.6) is 5.75 Å². The first-order valence-electron chi connectivity index (χ1n) is 8.46. The van der Waals surface area contributed by atoms with Crippen LogP contribution in [0.15, 0.2) is 24.3 Å². The summed E-state index contributed by atoms with van der Waals surface area (Å²) in [4.78, 5) is 2.19. The standard InChI is InChI=1S/C18H31N3O/c1-15(20-12-13-21(2)3)17-4-6-18(7-5-17)22-14-16-8-10-19-11-9-16/h4-7,15-16,19-20H,8-14H2,1-3H3. The van der Waals surface area contributed by atoms with Crippen molar-refractivity contribution in [3.63, 3.8) is 0 Å². The van der Waals surface area contributed by atoms with Crippen molar-refractivity contribution in [2.24, 2.45) is 5.92 Å². The molecule has 1 saturated heterocycles. The van der Waals surface area contributed by atoms with Crippen molar-refractivity contribution < 1.29 is 4.74 Å². The molecule has 22 heavy (non-hydrogen) atoms. The monoisotopic (exact) mass is 305 g/mol. The smallest absolute Gasteiger partial charge is 0.119 e. The zero-order chi connectivity index (χ0) is 15.8. The summed E-state index contributed by atoms with van der Waals surface area (Å²) in [5, 5.41) is 6.93. The minimum absolute atomic E-state index is 0.374. The van der Waals surface area contributed by atoms with E-state index < -0.39 is 0 Å². The fraction of sp³-hybridized carbons (Fsp3) is 0.667. The predicted molar refractivity (Wildman–Crippen MR) is 92.5 cm³/mol. The van der Waals surface area contributed by atoms with Gasteiger partial charge in [-0.3, -0.25) is 0 Å². The Bertz CT molecular complexity index is 413. The van der Waals surface area contributed by atoms with Gasteiger partial charge >= 0.3 is 0 Å². The lowest BCUT2D eigenvalue weighted by molar-refractivity contribution is 0.215. The molecule has 0 aromatic heterocycles. The normalized spacial score (nSPS) is 17.6. The van der Waals surface area contributed by atoms with Crippen LogP contribution in [-0.4, -0.2) is 51.8 Å². The molecule has 2 rings (SSSR count). The number of piperidine rings is 1. The van der Waals surface area contributed by atoms with Crippen LogP contribution >= 0.6 is 0 Å². The van der Waals surface area contributed by atoms with Crippen LogP contribution in [0.3, 0.4) is 0 Å². The Kier molecular flexibility index (Phi) is 7.16. The van der Waals surface area contributed by atoms with E-state index in [2.05, 4.69) is 60.8 Å². The van der Waals surface area contributed by atoms with Gasteiger partial charge in [-0.15, -0.1) is 0 Å². The number of benzene rings is 1. The number of likely N-dealkylation sites (N-methyl/N-ethyl adjacent to an activating group) is 1. The lowest BCUT2D eigenvalue weighted by Gasteiger charge is -2.22. The topological polar surface area (TPSA) is 36.5 Å². The molecular formula is C18H31N3O. The molecule has 1 aliphatic heterocycles. The van der Waals surface area contributed by atoms with E-state index in [0.717, 1.165) is 38.5 Å². The number of hydrogen-bond donors (Lipinski definition) is 2. The Morgan fingerprint density at radius 1 is 1.23 bits per heavy atom. The zero-order valence-corrected chi connectivity index (χ0v) is 14.3. The molecule has 124 valence electrons. The van der Waals surface area contributed by atoms with E-state index in [0.29, 0.717) is 12.0 Å². The lowest BCUT2D eigenvalue weighted by atomic mass is 9.99.